The molecule has 33 heavy (non-hydrogen) atoms. The summed E-state index contributed by atoms with van der Waals surface area (Å²) in [5, 5.41) is 2.80. The molecule has 2 amide bonds. The number of rotatable bonds is 4. The van der Waals surface area contributed by atoms with E-state index in [4.69, 9.17) is 4.74 Å². The number of benzene rings is 3. The third-order valence-electron chi connectivity index (χ3n) is 6.64. The second kappa shape index (κ2) is 9.16. The molecule has 0 aliphatic carbocycles. The van der Waals surface area contributed by atoms with E-state index in [1.54, 1.807) is 24.3 Å². The molecule has 1 N–H and O–H groups in total. The average molecular weight is 445 g/mol. The van der Waals surface area contributed by atoms with Gasteiger partial charge in [0.05, 0.1) is 6.61 Å². The molecule has 2 saturated heterocycles. The van der Waals surface area contributed by atoms with Crippen molar-refractivity contribution in [1.29, 1.82) is 0 Å². The van der Waals surface area contributed by atoms with Crippen LogP contribution in [0, 0.1) is 11.7 Å². The Balaban J connectivity index is 1.35. The third kappa shape index (κ3) is 4.39. The molecule has 2 aliphatic rings. The number of hydrogen-bond donors (Lipinski definition) is 1. The zero-order chi connectivity index (χ0) is 22.8. The molecule has 3 aromatic carbocycles. The van der Waals surface area contributed by atoms with E-state index >= 15 is 0 Å². The predicted octanol–water partition coefficient (Wildman–Crippen LogP) is 4.72. The minimum atomic E-state index is -0.398. The van der Waals surface area contributed by atoms with Gasteiger partial charge in [0.15, 0.2) is 0 Å². The fourth-order valence-corrected chi connectivity index (χ4v) is 4.99. The van der Waals surface area contributed by atoms with Gasteiger partial charge in [-0.05, 0) is 54.4 Å². The van der Waals surface area contributed by atoms with Crippen LogP contribution in [-0.4, -0.2) is 42.5 Å². The zero-order valence-electron chi connectivity index (χ0n) is 18.1. The number of hydrogen-bond acceptors (Lipinski definition) is 3. The van der Waals surface area contributed by atoms with Crippen LogP contribution in [-0.2, 0) is 4.74 Å². The number of amides is 2. The summed E-state index contributed by atoms with van der Waals surface area (Å²) < 4.78 is 18.9. The van der Waals surface area contributed by atoms with Crippen LogP contribution in [0.3, 0.4) is 0 Å². The van der Waals surface area contributed by atoms with Gasteiger partial charge in [-0.2, -0.15) is 0 Å². The average Bonchev–Trinajstić information content (AvgIpc) is 3.24. The Morgan fingerprint density at radius 3 is 2.52 bits per heavy atom. The molecule has 3 unspecified atom stereocenters. The van der Waals surface area contributed by atoms with Crippen molar-refractivity contribution in [1.82, 2.24) is 4.90 Å². The van der Waals surface area contributed by atoms with Gasteiger partial charge >= 0.3 is 0 Å². The number of ether oxygens (including phenoxy) is 1. The Morgan fingerprint density at radius 2 is 1.73 bits per heavy atom. The minimum absolute atomic E-state index is 0.0387. The lowest BCUT2D eigenvalue weighted by Crippen LogP contribution is -2.42. The number of fused-ring (bicyclic) bond motifs is 1. The Labute approximate surface area is 192 Å². The molecular weight excluding hydrogens is 419 g/mol. The van der Waals surface area contributed by atoms with E-state index in [1.807, 2.05) is 23.1 Å². The molecule has 3 aromatic rings. The Kier molecular flexibility index (Phi) is 5.92. The van der Waals surface area contributed by atoms with Gasteiger partial charge in [0.1, 0.15) is 5.82 Å². The maximum atomic E-state index is 13.6. The summed E-state index contributed by atoms with van der Waals surface area (Å²) in [5.74, 6) is -0.282. The van der Waals surface area contributed by atoms with E-state index in [2.05, 4.69) is 17.4 Å². The smallest absolute Gasteiger partial charge is 0.255 e. The standard InChI is InChI=1S/C27H25FN2O3/c28-21-11-9-19(10-12-21)26(31)29-22-8-4-7-20(15-22)27(32)30-16-23(18-5-2-1-3-6-18)24-17-33-14-13-25(24)30/h1-12,15,23-25H,13-14,16-17H2,(H,29,31). The Morgan fingerprint density at radius 1 is 0.939 bits per heavy atom. The highest BCUT2D eigenvalue weighted by molar-refractivity contribution is 6.05. The van der Waals surface area contributed by atoms with Crippen molar-refractivity contribution in [3.8, 4) is 0 Å². The molecule has 0 aromatic heterocycles. The van der Waals surface area contributed by atoms with Crippen LogP contribution < -0.4 is 5.32 Å². The summed E-state index contributed by atoms with van der Waals surface area (Å²) in [5.41, 5.74) is 2.64. The topological polar surface area (TPSA) is 58.6 Å². The largest absolute Gasteiger partial charge is 0.381 e. The molecule has 5 rings (SSSR count). The number of carbonyl (C=O) groups excluding carboxylic acids is 2. The van der Waals surface area contributed by atoms with Gasteiger partial charge < -0.3 is 15.0 Å². The highest BCUT2D eigenvalue weighted by Crippen LogP contribution is 2.41. The molecular formula is C27H25FN2O3. The van der Waals surface area contributed by atoms with Crippen molar-refractivity contribution in [2.45, 2.75) is 18.4 Å². The highest BCUT2D eigenvalue weighted by atomic mass is 19.1. The van der Waals surface area contributed by atoms with Gasteiger partial charge in [-0.15, -0.1) is 0 Å². The number of likely N-dealkylation sites (tertiary alicyclic amines) is 1. The molecule has 2 heterocycles. The lowest BCUT2D eigenvalue weighted by Gasteiger charge is -2.32. The molecule has 0 radical (unpaired) electrons. The lowest BCUT2D eigenvalue weighted by atomic mass is 9.84. The zero-order valence-corrected chi connectivity index (χ0v) is 18.1. The summed E-state index contributed by atoms with van der Waals surface area (Å²) in [6.45, 7) is 1.95. The molecule has 2 aliphatic heterocycles. The van der Waals surface area contributed by atoms with Crippen molar-refractivity contribution in [3.05, 3.63) is 101 Å². The van der Waals surface area contributed by atoms with Crippen molar-refractivity contribution in [3.63, 3.8) is 0 Å². The van der Waals surface area contributed by atoms with Crippen molar-refractivity contribution in [2.75, 3.05) is 25.1 Å². The Bertz CT molecular complexity index is 1150. The second-order valence-corrected chi connectivity index (χ2v) is 8.61. The normalized spacial score (nSPS) is 22.0. The number of carbonyl (C=O) groups is 2. The maximum absolute atomic E-state index is 13.6. The highest BCUT2D eigenvalue weighted by Gasteiger charge is 2.46. The molecule has 6 heteroatoms. The first-order valence-electron chi connectivity index (χ1n) is 11.2. The first-order chi connectivity index (χ1) is 16.1. The molecule has 0 saturated carbocycles. The predicted molar refractivity (Wildman–Crippen MR) is 124 cm³/mol. The van der Waals surface area contributed by atoms with Gasteiger partial charge in [-0.1, -0.05) is 36.4 Å². The van der Waals surface area contributed by atoms with Crippen LogP contribution in [0.1, 0.15) is 38.6 Å². The van der Waals surface area contributed by atoms with E-state index in [0.29, 0.717) is 36.6 Å². The summed E-state index contributed by atoms with van der Waals surface area (Å²) in [6, 6.07) is 22.8. The maximum Gasteiger partial charge on any atom is 0.255 e. The quantitative estimate of drug-likeness (QED) is 0.633. The lowest BCUT2D eigenvalue weighted by molar-refractivity contribution is 0.0189. The fourth-order valence-electron chi connectivity index (χ4n) is 4.99. The van der Waals surface area contributed by atoms with Gasteiger partial charge in [0.2, 0.25) is 0 Å². The summed E-state index contributed by atoms with van der Waals surface area (Å²) >= 11 is 0. The SMILES string of the molecule is O=C(Nc1cccc(C(=O)N2CC(c3ccccc3)C3COCCC32)c1)c1ccc(F)cc1. The van der Waals surface area contributed by atoms with Crippen LogP contribution in [0.25, 0.3) is 0 Å². The van der Waals surface area contributed by atoms with Crippen LogP contribution in [0.4, 0.5) is 10.1 Å². The van der Waals surface area contributed by atoms with Crippen LogP contribution >= 0.6 is 0 Å². The van der Waals surface area contributed by atoms with Gasteiger partial charge in [-0.25, -0.2) is 4.39 Å². The number of nitrogens with zero attached hydrogens (tertiary/aromatic N) is 1. The molecule has 168 valence electrons. The van der Waals surface area contributed by atoms with E-state index < -0.39 is 5.82 Å². The van der Waals surface area contributed by atoms with E-state index in [0.717, 1.165) is 6.42 Å². The number of anilines is 1. The van der Waals surface area contributed by atoms with E-state index in [9.17, 15) is 14.0 Å². The van der Waals surface area contributed by atoms with Gasteiger partial charge in [0, 0.05) is 47.8 Å². The second-order valence-electron chi connectivity index (χ2n) is 8.61. The monoisotopic (exact) mass is 444 g/mol. The molecule has 0 spiro atoms. The molecule has 0 bridgehead atoms. The van der Waals surface area contributed by atoms with Crippen molar-refractivity contribution < 1.29 is 18.7 Å². The summed E-state index contributed by atoms with van der Waals surface area (Å²) in [4.78, 5) is 28.0. The van der Waals surface area contributed by atoms with Crippen LogP contribution in [0.5, 0.6) is 0 Å². The van der Waals surface area contributed by atoms with Crippen LogP contribution in [0.15, 0.2) is 78.9 Å². The third-order valence-corrected chi connectivity index (χ3v) is 6.64. The first kappa shape index (κ1) is 21.3. The summed E-state index contributed by atoms with van der Waals surface area (Å²) in [6.07, 6.45) is 0.820. The summed E-state index contributed by atoms with van der Waals surface area (Å²) in [7, 11) is 0. The van der Waals surface area contributed by atoms with Crippen molar-refractivity contribution >= 4 is 17.5 Å². The Hall–Kier alpha value is -3.51. The van der Waals surface area contributed by atoms with Gasteiger partial charge in [0.25, 0.3) is 11.8 Å². The number of nitrogens with one attached hydrogen (secondary N) is 1. The van der Waals surface area contributed by atoms with E-state index in [-0.39, 0.29) is 29.7 Å². The minimum Gasteiger partial charge on any atom is -0.381 e. The fraction of sp³-hybridized carbons (Fsp3) is 0.259. The molecule has 2 fully saturated rings. The van der Waals surface area contributed by atoms with Gasteiger partial charge in [-0.3, -0.25) is 9.59 Å². The first-order valence-corrected chi connectivity index (χ1v) is 11.2. The molecule has 5 nitrogen and oxygen atoms in total. The van der Waals surface area contributed by atoms with Crippen molar-refractivity contribution in [2.24, 2.45) is 5.92 Å². The molecule has 3 atom stereocenters. The van der Waals surface area contributed by atoms with Crippen LogP contribution in [0.2, 0.25) is 0 Å². The van der Waals surface area contributed by atoms with E-state index in [1.165, 1.54) is 29.8 Å². The number of halogens is 1.